The monoisotopic (exact) mass is 569 g/mol. The second kappa shape index (κ2) is 10.6. The number of nitrogens with one attached hydrogen (secondary N) is 2. The normalized spacial score (nSPS) is 23.1. The van der Waals surface area contributed by atoms with Crippen LogP contribution in [0.1, 0.15) is 21.5 Å². The maximum absolute atomic E-state index is 15.2. The number of fused-ring (bicyclic) bond motifs is 1. The summed E-state index contributed by atoms with van der Waals surface area (Å²) >= 11 is 5.00. The van der Waals surface area contributed by atoms with Crippen molar-refractivity contribution in [2.75, 3.05) is 18.8 Å². The van der Waals surface area contributed by atoms with E-state index in [0.29, 0.717) is 23.4 Å². The fraction of sp³-hybridized carbons (Fsp3) is 0.259. The lowest BCUT2D eigenvalue weighted by Crippen LogP contribution is -2.61. The quantitative estimate of drug-likeness (QED) is 0.447. The zero-order valence-electron chi connectivity index (χ0n) is 19.3. The maximum atomic E-state index is 15.2. The minimum atomic E-state index is -0.889. The molecule has 0 bridgehead atoms. The molecule has 5 rings (SSSR count). The van der Waals surface area contributed by atoms with Gasteiger partial charge in [-0.1, -0.05) is 64.5 Å². The SMILES string of the molecule is O=C(NC1NC2(c3cc(Br)ccc3F)CN(C(=O)OCc3ccccc3)CC2CS1)c1ccccc1. The van der Waals surface area contributed by atoms with Gasteiger partial charge in [-0.2, -0.15) is 0 Å². The molecule has 2 saturated heterocycles. The van der Waals surface area contributed by atoms with E-state index in [4.69, 9.17) is 4.74 Å². The third kappa shape index (κ3) is 5.14. The van der Waals surface area contributed by atoms with Gasteiger partial charge in [-0.15, -0.1) is 11.8 Å². The molecular weight excluding hydrogens is 545 g/mol. The number of nitrogens with zero attached hydrogens (tertiary/aromatic N) is 1. The highest BCUT2D eigenvalue weighted by molar-refractivity contribution is 9.10. The summed E-state index contributed by atoms with van der Waals surface area (Å²) in [5, 5.41) is 6.50. The number of likely N-dealkylation sites (tertiary alicyclic amines) is 1. The number of ether oxygens (including phenoxy) is 1. The van der Waals surface area contributed by atoms with Crippen LogP contribution in [-0.4, -0.2) is 41.2 Å². The van der Waals surface area contributed by atoms with E-state index in [-0.39, 0.29) is 30.8 Å². The first kappa shape index (κ1) is 24.8. The van der Waals surface area contributed by atoms with Crippen LogP contribution in [0.15, 0.2) is 83.3 Å². The lowest BCUT2D eigenvalue weighted by Gasteiger charge is -2.43. The van der Waals surface area contributed by atoms with Crippen LogP contribution in [0.2, 0.25) is 0 Å². The lowest BCUT2D eigenvalue weighted by molar-refractivity contribution is 0.0922. The van der Waals surface area contributed by atoms with Crippen LogP contribution >= 0.6 is 27.7 Å². The molecule has 2 N–H and O–H groups in total. The summed E-state index contributed by atoms with van der Waals surface area (Å²) in [6, 6.07) is 23.3. The van der Waals surface area contributed by atoms with E-state index < -0.39 is 17.1 Å². The van der Waals surface area contributed by atoms with E-state index in [1.807, 2.05) is 36.4 Å². The molecular formula is C27H25BrFN3O3S. The van der Waals surface area contributed by atoms with Crippen LogP contribution in [0.3, 0.4) is 0 Å². The third-order valence-electron chi connectivity index (χ3n) is 6.60. The number of carbonyl (C=O) groups is 2. The van der Waals surface area contributed by atoms with Crippen LogP contribution in [0.4, 0.5) is 9.18 Å². The fourth-order valence-corrected chi connectivity index (χ4v) is 6.46. The molecule has 3 atom stereocenters. The summed E-state index contributed by atoms with van der Waals surface area (Å²) in [6.07, 6.45) is -0.445. The van der Waals surface area contributed by atoms with Crippen LogP contribution in [0, 0.1) is 11.7 Å². The Hall–Kier alpha value is -2.88. The molecule has 2 aliphatic heterocycles. The standard InChI is InChI=1S/C27H25BrFN3O3S/c28-21-11-12-23(29)22(13-21)27-17-32(26(34)35-15-18-7-3-1-4-8-18)14-20(27)16-36-25(31-27)30-24(33)19-9-5-2-6-10-19/h1-13,20,25,31H,14-17H2,(H,30,33). The Kier molecular flexibility index (Phi) is 7.32. The highest BCUT2D eigenvalue weighted by Gasteiger charge is 2.54. The molecule has 0 aromatic heterocycles. The topological polar surface area (TPSA) is 70.7 Å². The van der Waals surface area contributed by atoms with Gasteiger partial charge in [0.15, 0.2) is 0 Å². The number of hydrogen-bond donors (Lipinski definition) is 2. The molecule has 2 aliphatic rings. The molecule has 0 aliphatic carbocycles. The van der Waals surface area contributed by atoms with Crippen molar-refractivity contribution in [2.24, 2.45) is 5.92 Å². The summed E-state index contributed by atoms with van der Waals surface area (Å²) in [5.74, 6) is -0.0435. The predicted molar refractivity (Wildman–Crippen MR) is 141 cm³/mol. The fourth-order valence-electron chi connectivity index (χ4n) is 4.80. The summed E-state index contributed by atoms with van der Waals surface area (Å²) in [5.41, 5.74) is 0.543. The van der Waals surface area contributed by atoms with E-state index in [1.165, 1.54) is 17.8 Å². The lowest BCUT2D eigenvalue weighted by atomic mass is 9.81. The zero-order valence-corrected chi connectivity index (χ0v) is 21.7. The third-order valence-corrected chi connectivity index (χ3v) is 8.26. The second-order valence-corrected chi connectivity index (χ2v) is 11.0. The Morgan fingerprint density at radius 1 is 1.11 bits per heavy atom. The van der Waals surface area contributed by atoms with Gasteiger partial charge in [-0.25, -0.2) is 9.18 Å². The molecule has 9 heteroatoms. The number of carbonyl (C=O) groups excluding carboxylic acids is 2. The molecule has 2 fully saturated rings. The second-order valence-electron chi connectivity index (χ2n) is 8.91. The number of amides is 2. The van der Waals surface area contributed by atoms with E-state index in [2.05, 4.69) is 26.6 Å². The van der Waals surface area contributed by atoms with Gasteiger partial charge in [-0.05, 0) is 35.9 Å². The predicted octanol–water partition coefficient (Wildman–Crippen LogP) is 5.10. The summed E-state index contributed by atoms with van der Waals surface area (Å²) in [4.78, 5) is 27.5. The van der Waals surface area contributed by atoms with Crippen molar-refractivity contribution in [1.29, 1.82) is 0 Å². The van der Waals surface area contributed by atoms with E-state index >= 15 is 4.39 Å². The molecule has 0 radical (unpaired) electrons. The van der Waals surface area contributed by atoms with Gasteiger partial charge in [-0.3, -0.25) is 10.1 Å². The van der Waals surface area contributed by atoms with Crippen molar-refractivity contribution in [3.8, 4) is 0 Å². The molecule has 36 heavy (non-hydrogen) atoms. The van der Waals surface area contributed by atoms with Gasteiger partial charge in [0.2, 0.25) is 0 Å². The smallest absolute Gasteiger partial charge is 0.410 e. The van der Waals surface area contributed by atoms with Crippen LogP contribution in [0.25, 0.3) is 0 Å². The highest BCUT2D eigenvalue weighted by atomic mass is 79.9. The molecule has 3 unspecified atom stereocenters. The number of thioether (sulfide) groups is 1. The average molecular weight is 570 g/mol. The van der Waals surface area contributed by atoms with Gasteiger partial charge in [0.25, 0.3) is 5.91 Å². The Morgan fingerprint density at radius 3 is 2.58 bits per heavy atom. The molecule has 3 aromatic carbocycles. The van der Waals surface area contributed by atoms with Gasteiger partial charge in [0, 0.05) is 40.4 Å². The maximum Gasteiger partial charge on any atom is 0.410 e. The Morgan fingerprint density at radius 2 is 1.83 bits per heavy atom. The summed E-state index contributed by atoms with van der Waals surface area (Å²) < 4.78 is 21.6. The molecule has 2 amide bonds. The summed E-state index contributed by atoms with van der Waals surface area (Å²) in [6.45, 7) is 0.798. The van der Waals surface area contributed by atoms with Crippen molar-refractivity contribution in [3.05, 3.63) is 106 Å². The number of rotatable bonds is 5. The molecule has 0 saturated carbocycles. The number of benzene rings is 3. The first-order chi connectivity index (χ1) is 17.4. The minimum Gasteiger partial charge on any atom is -0.445 e. The van der Waals surface area contributed by atoms with Crippen molar-refractivity contribution in [2.45, 2.75) is 17.6 Å². The van der Waals surface area contributed by atoms with Gasteiger partial charge in [0.1, 0.15) is 17.9 Å². The largest absolute Gasteiger partial charge is 0.445 e. The average Bonchev–Trinajstić information content (AvgIpc) is 3.30. The molecule has 6 nitrogen and oxygen atoms in total. The summed E-state index contributed by atoms with van der Waals surface area (Å²) in [7, 11) is 0. The molecule has 186 valence electrons. The molecule has 2 heterocycles. The molecule has 0 spiro atoms. The van der Waals surface area contributed by atoms with E-state index in [1.54, 1.807) is 41.3 Å². The van der Waals surface area contributed by atoms with E-state index in [0.717, 1.165) is 10.0 Å². The molecule has 3 aromatic rings. The Bertz CT molecular complexity index is 1250. The zero-order chi connectivity index (χ0) is 25.1. The van der Waals surface area contributed by atoms with Gasteiger partial charge >= 0.3 is 6.09 Å². The van der Waals surface area contributed by atoms with Crippen LogP contribution in [-0.2, 0) is 16.9 Å². The number of halogens is 2. The Balaban J connectivity index is 1.38. The first-order valence-electron chi connectivity index (χ1n) is 11.6. The number of hydrogen-bond acceptors (Lipinski definition) is 5. The van der Waals surface area contributed by atoms with Gasteiger partial charge in [0.05, 0.1) is 5.54 Å². The van der Waals surface area contributed by atoms with Crippen molar-refractivity contribution in [1.82, 2.24) is 15.5 Å². The first-order valence-corrected chi connectivity index (χ1v) is 13.5. The highest BCUT2D eigenvalue weighted by Crippen LogP contribution is 2.45. The van der Waals surface area contributed by atoms with Gasteiger partial charge < -0.3 is 15.0 Å². The van der Waals surface area contributed by atoms with Crippen molar-refractivity contribution in [3.63, 3.8) is 0 Å². The van der Waals surface area contributed by atoms with Crippen LogP contribution < -0.4 is 10.6 Å². The van der Waals surface area contributed by atoms with E-state index in [9.17, 15) is 9.59 Å². The van der Waals surface area contributed by atoms with Crippen molar-refractivity contribution < 1.29 is 18.7 Å². The Labute approximate surface area is 221 Å². The van der Waals surface area contributed by atoms with Crippen molar-refractivity contribution >= 4 is 39.7 Å². The van der Waals surface area contributed by atoms with Crippen LogP contribution in [0.5, 0.6) is 0 Å². The minimum absolute atomic E-state index is 0.0829.